The lowest BCUT2D eigenvalue weighted by atomic mass is 10.2. The van der Waals surface area contributed by atoms with Gasteiger partial charge in [-0.1, -0.05) is 15.9 Å². The number of pyridine rings is 1. The summed E-state index contributed by atoms with van der Waals surface area (Å²) in [7, 11) is 0. The molecule has 0 unspecified atom stereocenters. The quantitative estimate of drug-likeness (QED) is 0.441. The molecular formula is C16H12BrN3O4S2. The van der Waals surface area contributed by atoms with E-state index in [1.807, 2.05) is 0 Å². The lowest BCUT2D eigenvalue weighted by molar-refractivity contribution is -0.113. The maximum atomic E-state index is 12.1. The highest BCUT2D eigenvalue weighted by Gasteiger charge is 2.21. The van der Waals surface area contributed by atoms with Crippen LogP contribution in [0.5, 0.6) is 5.75 Å². The molecule has 5 N–H and O–H groups in total. The van der Waals surface area contributed by atoms with E-state index in [0.29, 0.717) is 14.6 Å². The normalized spacial score (nSPS) is 10.8. The largest absolute Gasteiger partial charge is 0.506 e. The van der Waals surface area contributed by atoms with Crippen LogP contribution in [0.1, 0.15) is 10.4 Å². The number of hydrogen-bond acceptors (Lipinski definition) is 6. The van der Waals surface area contributed by atoms with E-state index in [0.717, 1.165) is 33.6 Å². The predicted octanol–water partition coefficient (Wildman–Crippen LogP) is 2.89. The van der Waals surface area contributed by atoms with Crippen LogP contribution < -0.4 is 16.6 Å². The van der Waals surface area contributed by atoms with Gasteiger partial charge in [0.05, 0.1) is 25.7 Å². The molecule has 134 valence electrons. The summed E-state index contributed by atoms with van der Waals surface area (Å²) in [4.78, 5) is 38.0. The molecule has 26 heavy (non-hydrogen) atoms. The number of benzene rings is 1. The van der Waals surface area contributed by atoms with Crippen molar-refractivity contribution in [3.05, 3.63) is 50.7 Å². The van der Waals surface area contributed by atoms with Gasteiger partial charge in [0.2, 0.25) is 5.91 Å². The molecular weight excluding hydrogens is 442 g/mol. The molecule has 2 heterocycles. The molecule has 0 aliphatic heterocycles. The number of aromatic amines is 1. The summed E-state index contributed by atoms with van der Waals surface area (Å²) in [5.74, 6) is -1.20. The van der Waals surface area contributed by atoms with Crippen LogP contribution in [-0.4, -0.2) is 27.7 Å². The van der Waals surface area contributed by atoms with Crippen LogP contribution in [-0.2, 0) is 4.79 Å². The highest BCUT2D eigenvalue weighted by Crippen LogP contribution is 2.40. The number of hydrogen-bond donors (Lipinski definition) is 4. The fourth-order valence-corrected chi connectivity index (χ4v) is 4.76. The average molecular weight is 454 g/mol. The molecule has 0 saturated heterocycles. The van der Waals surface area contributed by atoms with E-state index >= 15 is 0 Å². The van der Waals surface area contributed by atoms with Crippen LogP contribution in [0.2, 0.25) is 0 Å². The number of aromatic hydroxyl groups is 1. The number of thioether (sulfide) groups is 1. The zero-order chi connectivity index (χ0) is 18.8. The minimum Gasteiger partial charge on any atom is -0.506 e. The summed E-state index contributed by atoms with van der Waals surface area (Å²) >= 11 is 5.52. The minimum atomic E-state index is -0.742. The van der Waals surface area contributed by atoms with Gasteiger partial charge >= 0.3 is 0 Å². The molecule has 0 spiro atoms. The van der Waals surface area contributed by atoms with Crippen LogP contribution in [0.15, 0.2) is 43.8 Å². The monoisotopic (exact) mass is 453 g/mol. The number of rotatable bonds is 5. The molecule has 0 atom stereocenters. The van der Waals surface area contributed by atoms with Crippen molar-refractivity contribution in [3.8, 4) is 5.75 Å². The number of anilines is 1. The lowest BCUT2D eigenvalue weighted by Crippen LogP contribution is -2.15. The number of nitrogens with two attached hydrogens (primary N) is 1. The minimum absolute atomic E-state index is 0.0359. The average Bonchev–Trinajstić information content (AvgIpc) is 2.94. The summed E-state index contributed by atoms with van der Waals surface area (Å²) in [5.41, 5.74) is 5.80. The summed E-state index contributed by atoms with van der Waals surface area (Å²) in [6.45, 7) is 0. The molecule has 1 aromatic carbocycles. The van der Waals surface area contributed by atoms with Gasteiger partial charge in [-0.3, -0.25) is 14.4 Å². The smallest absolute Gasteiger partial charge is 0.252 e. The van der Waals surface area contributed by atoms with Crippen molar-refractivity contribution in [2.45, 2.75) is 4.21 Å². The second kappa shape index (κ2) is 7.52. The van der Waals surface area contributed by atoms with Crippen LogP contribution in [0.25, 0.3) is 10.2 Å². The van der Waals surface area contributed by atoms with Crippen LogP contribution in [0.4, 0.5) is 5.69 Å². The number of halogens is 1. The van der Waals surface area contributed by atoms with E-state index in [2.05, 4.69) is 26.2 Å². The molecule has 10 heteroatoms. The zero-order valence-electron chi connectivity index (χ0n) is 13.0. The molecule has 0 bridgehead atoms. The van der Waals surface area contributed by atoms with E-state index < -0.39 is 11.5 Å². The first-order chi connectivity index (χ1) is 12.3. The second-order valence-electron chi connectivity index (χ2n) is 5.20. The molecule has 0 aliphatic carbocycles. The first-order valence-corrected chi connectivity index (χ1v) is 9.81. The third-order valence-electron chi connectivity index (χ3n) is 3.33. The van der Waals surface area contributed by atoms with Gasteiger partial charge in [-0.05, 0) is 24.3 Å². The van der Waals surface area contributed by atoms with E-state index in [1.165, 1.54) is 0 Å². The molecule has 0 radical (unpaired) electrons. The van der Waals surface area contributed by atoms with Crippen LogP contribution in [0.3, 0.4) is 0 Å². The molecule has 2 aromatic heterocycles. The second-order valence-corrected chi connectivity index (χ2v) is 8.38. The summed E-state index contributed by atoms with van der Waals surface area (Å²) < 4.78 is 1.69. The zero-order valence-corrected chi connectivity index (χ0v) is 16.3. The Kier molecular flexibility index (Phi) is 5.35. The van der Waals surface area contributed by atoms with Crippen molar-refractivity contribution < 1.29 is 14.7 Å². The van der Waals surface area contributed by atoms with Crippen LogP contribution in [0, 0.1) is 0 Å². The first-order valence-electron chi connectivity index (χ1n) is 7.22. The molecule has 3 aromatic rings. The fraction of sp³-hybridized carbons (Fsp3) is 0.0625. The van der Waals surface area contributed by atoms with Gasteiger partial charge in [0.25, 0.3) is 11.5 Å². The van der Waals surface area contributed by atoms with Gasteiger partial charge in [0.15, 0.2) is 0 Å². The van der Waals surface area contributed by atoms with E-state index in [1.54, 1.807) is 24.3 Å². The number of primary amides is 1. The number of H-pyrrole nitrogens is 1. The summed E-state index contributed by atoms with van der Waals surface area (Å²) in [6.07, 6.45) is 0. The molecule has 0 aliphatic rings. The lowest BCUT2D eigenvalue weighted by Gasteiger charge is -2.05. The fourth-order valence-electron chi connectivity index (χ4n) is 2.25. The van der Waals surface area contributed by atoms with Crippen molar-refractivity contribution >= 4 is 66.7 Å². The molecule has 0 fully saturated rings. The standard InChI is InChI=1S/C16H12BrN3O4S2/c17-7-1-3-8(4-2-7)19-11(23)6-25-16-12(15(18)24)13-14(26-16)9(21)5-10(22)20-13/h1-5H,6H2,(H2,18,24)(H,19,23)(H2,20,21,22). The highest BCUT2D eigenvalue weighted by molar-refractivity contribution is 9.10. The molecule has 7 nitrogen and oxygen atoms in total. The Morgan fingerprint density at radius 1 is 1.31 bits per heavy atom. The van der Waals surface area contributed by atoms with Gasteiger partial charge in [-0.15, -0.1) is 23.1 Å². The number of nitrogens with one attached hydrogen (secondary N) is 2. The van der Waals surface area contributed by atoms with Gasteiger partial charge in [0, 0.05) is 16.2 Å². The third kappa shape index (κ3) is 3.92. The highest BCUT2D eigenvalue weighted by atomic mass is 79.9. The Morgan fingerprint density at radius 3 is 2.65 bits per heavy atom. The third-order valence-corrected chi connectivity index (χ3v) is 6.35. The van der Waals surface area contributed by atoms with Crippen LogP contribution >= 0.6 is 39.0 Å². The SMILES string of the molecule is NC(=O)c1c(SCC(=O)Nc2ccc(Br)cc2)sc2c(O)cc(=O)[nH]c12. The van der Waals surface area contributed by atoms with Gasteiger partial charge in [-0.2, -0.15) is 0 Å². The number of carbonyl (C=O) groups excluding carboxylic acids is 2. The van der Waals surface area contributed by atoms with E-state index in [4.69, 9.17) is 5.73 Å². The van der Waals surface area contributed by atoms with Crippen molar-refractivity contribution in [1.29, 1.82) is 0 Å². The Labute approximate surface area is 163 Å². The maximum Gasteiger partial charge on any atom is 0.252 e. The van der Waals surface area contributed by atoms with Crippen molar-refractivity contribution in [2.24, 2.45) is 5.73 Å². The summed E-state index contributed by atoms with van der Waals surface area (Å²) in [5, 5.41) is 12.7. The summed E-state index contributed by atoms with van der Waals surface area (Å²) in [6, 6.07) is 8.14. The Balaban J connectivity index is 1.82. The van der Waals surface area contributed by atoms with Crippen molar-refractivity contribution in [3.63, 3.8) is 0 Å². The molecule has 2 amide bonds. The predicted molar refractivity (Wildman–Crippen MR) is 106 cm³/mol. The number of fused-ring (bicyclic) bond motifs is 1. The Morgan fingerprint density at radius 2 is 2.00 bits per heavy atom. The number of aromatic nitrogens is 1. The van der Waals surface area contributed by atoms with E-state index in [-0.39, 0.29) is 28.5 Å². The molecule has 0 saturated carbocycles. The maximum absolute atomic E-state index is 12.1. The topological polar surface area (TPSA) is 125 Å². The number of amides is 2. The van der Waals surface area contributed by atoms with Gasteiger partial charge in [-0.25, -0.2) is 0 Å². The van der Waals surface area contributed by atoms with Crippen molar-refractivity contribution in [1.82, 2.24) is 4.98 Å². The Bertz CT molecular complexity index is 1060. The first kappa shape index (κ1) is 18.5. The van der Waals surface area contributed by atoms with Gasteiger partial charge in [0.1, 0.15) is 5.75 Å². The van der Waals surface area contributed by atoms with E-state index in [9.17, 15) is 19.5 Å². The molecule has 3 rings (SSSR count). The Hall–Kier alpha value is -2.30. The number of thiophene rings is 1. The van der Waals surface area contributed by atoms with Gasteiger partial charge < -0.3 is 21.1 Å². The van der Waals surface area contributed by atoms with Crippen molar-refractivity contribution in [2.75, 3.05) is 11.1 Å². The number of carbonyl (C=O) groups is 2.